The summed E-state index contributed by atoms with van der Waals surface area (Å²) in [5.74, 6) is 0.397. The molecule has 0 bridgehead atoms. The highest BCUT2D eigenvalue weighted by atomic mass is 32.1. The lowest BCUT2D eigenvalue weighted by atomic mass is 10.2. The number of thiophene rings is 1. The second-order valence-corrected chi connectivity index (χ2v) is 5.89. The van der Waals surface area contributed by atoms with Crippen LogP contribution in [0.25, 0.3) is 10.6 Å². The lowest BCUT2D eigenvalue weighted by Gasteiger charge is -2.10. The Hall–Kier alpha value is -2.60. The quantitative estimate of drug-likeness (QED) is 0.714. The summed E-state index contributed by atoms with van der Waals surface area (Å²) in [6, 6.07) is 13.1. The molecule has 118 valence electrons. The molecule has 0 radical (unpaired) electrons. The third-order valence-electron chi connectivity index (χ3n) is 3.19. The number of anilines is 1. The van der Waals surface area contributed by atoms with Crippen LogP contribution in [-0.4, -0.2) is 22.7 Å². The average molecular weight is 327 g/mol. The van der Waals surface area contributed by atoms with Gasteiger partial charge in [0.05, 0.1) is 22.9 Å². The summed E-state index contributed by atoms with van der Waals surface area (Å²) in [6.07, 6.45) is 0.909. The highest BCUT2D eigenvalue weighted by Gasteiger charge is 2.14. The van der Waals surface area contributed by atoms with Crippen molar-refractivity contribution in [1.82, 2.24) is 10.2 Å². The smallest absolute Gasteiger partial charge is 0.276 e. The Labute approximate surface area is 138 Å². The van der Waals surface area contributed by atoms with E-state index in [1.807, 2.05) is 48.7 Å². The molecule has 0 saturated carbocycles. The number of rotatable bonds is 6. The molecule has 2 heterocycles. The van der Waals surface area contributed by atoms with Gasteiger partial charge in [0.1, 0.15) is 5.75 Å². The fourth-order valence-corrected chi connectivity index (χ4v) is 2.78. The Bertz CT molecular complexity index is 781. The molecule has 1 aromatic carbocycles. The number of carbonyl (C=O) groups excluding carboxylic acids is 1. The second-order valence-electron chi connectivity index (χ2n) is 4.94. The molecule has 0 aliphatic carbocycles. The maximum Gasteiger partial charge on any atom is 0.276 e. The standard InChI is InChI=1S/C17H17N3O2S/c1-2-9-22-15-7-4-3-6-12(15)18-17(21)14-11-13(19-20-14)16-8-5-10-23-16/h3-8,10-11H,2,9H2,1H3,(H,18,21)(H,19,20). The molecule has 3 aromatic rings. The van der Waals surface area contributed by atoms with E-state index in [0.29, 0.717) is 23.7 Å². The van der Waals surface area contributed by atoms with Gasteiger partial charge in [0.25, 0.3) is 5.91 Å². The van der Waals surface area contributed by atoms with Crippen molar-refractivity contribution in [3.63, 3.8) is 0 Å². The van der Waals surface area contributed by atoms with Crippen molar-refractivity contribution in [3.8, 4) is 16.3 Å². The van der Waals surface area contributed by atoms with Gasteiger partial charge in [-0.05, 0) is 36.1 Å². The van der Waals surface area contributed by atoms with Crippen LogP contribution in [0.1, 0.15) is 23.8 Å². The number of amides is 1. The second kappa shape index (κ2) is 7.11. The largest absolute Gasteiger partial charge is 0.491 e. The summed E-state index contributed by atoms with van der Waals surface area (Å²) in [7, 11) is 0. The van der Waals surface area contributed by atoms with Gasteiger partial charge in [-0.25, -0.2) is 0 Å². The van der Waals surface area contributed by atoms with Crippen molar-refractivity contribution in [2.45, 2.75) is 13.3 Å². The molecular formula is C17H17N3O2S. The van der Waals surface area contributed by atoms with Crippen LogP contribution in [0.2, 0.25) is 0 Å². The minimum atomic E-state index is -0.267. The fraction of sp³-hybridized carbons (Fsp3) is 0.176. The molecule has 0 unspecified atom stereocenters. The first kappa shape index (κ1) is 15.3. The molecule has 0 atom stereocenters. The topological polar surface area (TPSA) is 67.0 Å². The fourth-order valence-electron chi connectivity index (χ4n) is 2.09. The molecule has 2 N–H and O–H groups in total. The molecular weight excluding hydrogens is 310 g/mol. The van der Waals surface area contributed by atoms with E-state index >= 15 is 0 Å². The molecule has 1 amide bonds. The van der Waals surface area contributed by atoms with Crippen LogP contribution < -0.4 is 10.1 Å². The Morgan fingerprint density at radius 1 is 1.30 bits per heavy atom. The Morgan fingerprint density at radius 3 is 2.96 bits per heavy atom. The summed E-state index contributed by atoms with van der Waals surface area (Å²) in [5.41, 5.74) is 1.82. The number of hydrogen-bond donors (Lipinski definition) is 2. The van der Waals surface area contributed by atoms with Gasteiger partial charge in [-0.15, -0.1) is 11.3 Å². The third kappa shape index (κ3) is 3.60. The predicted octanol–water partition coefficient (Wildman–Crippen LogP) is 4.18. The van der Waals surface area contributed by atoms with Crippen molar-refractivity contribution in [2.75, 3.05) is 11.9 Å². The van der Waals surface area contributed by atoms with Crippen LogP contribution in [0, 0.1) is 0 Å². The molecule has 0 fully saturated rings. The van der Waals surface area contributed by atoms with Crippen molar-refractivity contribution >= 4 is 22.9 Å². The number of nitrogens with zero attached hydrogens (tertiary/aromatic N) is 1. The average Bonchev–Trinajstić information content (AvgIpc) is 3.24. The van der Waals surface area contributed by atoms with Gasteiger partial charge in [-0.2, -0.15) is 5.10 Å². The van der Waals surface area contributed by atoms with Gasteiger partial charge in [0, 0.05) is 0 Å². The van der Waals surface area contributed by atoms with Gasteiger partial charge in [0.2, 0.25) is 0 Å². The normalized spacial score (nSPS) is 10.5. The lowest BCUT2D eigenvalue weighted by molar-refractivity contribution is 0.102. The molecule has 5 nitrogen and oxygen atoms in total. The molecule has 0 spiro atoms. The number of nitrogens with one attached hydrogen (secondary N) is 2. The number of carbonyl (C=O) groups is 1. The number of aromatic nitrogens is 2. The third-order valence-corrected chi connectivity index (χ3v) is 4.10. The summed E-state index contributed by atoms with van der Waals surface area (Å²) in [6.45, 7) is 2.65. The summed E-state index contributed by atoms with van der Waals surface area (Å²) in [5, 5.41) is 11.8. The number of para-hydroxylation sites is 2. The molecule has 0 aliphatic rings. The number of hydrogen-bond acceptors (Lipinski definition) is 4. The van der Waals surface area contributed by atoms with E-state index in [1.54, 1.807) is 17.4 Å². The van der Waals surface area contributed by atoms with Crippen LogP contribution in [-0.2, 0) is 0 Å². The summed E-state index contributed by atoms with van der Waals surface area (Å²) >= 11 is 1.59. The first-order chi connectivity index (χ1) is 11.3. The van der Waals surface area contributed by atoms with Crippen molar-refractivity contribution < 1.29 is 9.53 Å². The monoisotopic (exact) mass is 327 g/mol. The highest BCUT2D eigenvalue weighted by molar-refractivity contribution is 7.13. The van der Waals surface area contributed by atoms with Crippen LogP contribution in [0.4, 0.5) is 5.69 Å². The molecule has 3 rings (SSSR count). The van der Waals surface area contributed by atoms with Crippen LogP contribution in [0.15, 0.2) is 47.8 Å². The van der Waals surface area contributed by atoms with Crippen molar-refractivity contribution in [2.24, 2.45) is 0 Å². The molecule has 6 heteroatoms. The zero-order chi connectivity index (χ0) is 16.1. The van der Waals surface area contributed by atoms with Crippen LogP contribution >= 0.6 is 11.3 Å². The van der Waals surface area contributed by atoms with E-state index in [9.17, 15) is 4.79 Å². The van der Waals surface area contributed by atoms with E-state index in [1.165, 1.54) is 0 Å². The first-order valence-electron chi connectivity index (χ1n) is 7.40. The number of H-pyrrole nitrogens is 1. The molecule has 0 aliphatic heterocycles. The Morgan fingerprint density at radius 2 is 2.17 bits per heavy atom. The zero-order valence-corrected chi connectivity index (χ0v) is 13.5. The van der Waals surface area contributed by atoms with Gasteiger partial charge in [-0.1, -0.05) is 25.1 Å². The van der Waals surface area contributed by atoms with Gasteiger partial charge in [-0.3, -0.25) is 9.89 Å². The van der Waals surface area contributed by atoms with Crippen LogP contribution in [0.5, 0.6) is 5.75 Å². The number of aromatic amines is 1. The lowest BCUT2D eigenvalue weighted by Crippen LogP contribution is -2.13. The SMILES string of the molecule is CCCOc1ccccc1NC(=O)c1cc(-c2cccs2)[nH]n1. The minimum Gasteiger partial charge on any atom is -0.491 e. The van der Waals surface area contributed by atoms with E-state index in [0.717, 1.165) is 17.0 Å². The zero-order valence-electron chi connectivity index (χ0n) is 12.7. The van der Waals surface area contributed by atoms with Gasteiger partial charge in [0.15, 0.2) is 5.69 Å². The predicted molar refractivity (Wildman–Crippen MR) is 92.1 cm³/mol. The van der Waals surface area contributed by atoms with Crippen molar-refractivity contribution in [3.05, 3.63) is 53.5 Å². The molecule has 2 aromatic heterocycles. The van der Waals surface area contributed by atoms with E-state index < -0.39 is 0 Å². The van der Waals surface area contributed by atoms with E-state index in [-0.39, 0.29) is 5.91 Å². The first-order valence-corrected chi connectivity index (χ1v) is 8.28. The molecule has 23 heavy (non-hydrogen) atoms. The summed E-state index contributed by atoms with van der Waals surface area (Å²) < 4.78 is 5.65. The maximum absolute atomic E-state index is 12.4. The van der Waals surface area contributed by atoms with Gasteiger partial charge >= 0.3 is 0 Å². The van der Waals surface area contributed by atoms with Gasteiger partial charge < -0.3 is 10.1 Å². The summed E-state index contributed by atoms with van der Waals surface area (Å²) in [4.78, 5) is 13.4. The van der Waals surface area contributed by atoms with E-state index in [2.05, 4.69) is 15.5 Å². The highest BCUT2D eigenvalue weighted by Crippen LogP contribution is 2.26. The number of benzene rings is 1. The number of ether oxygens (including phenoxy) is 1. The minimum absolute atomic E-state index is 0.267. The van der Waals surface area contributed by atoms with Crippen molar-refractivity contribution in [1.29, 1.82) is 0 Å². The Balaban J connectivity index is 1.75. The van der Waals surface area contributed by atoms with E-state index in [4.69, 9.17) is 4.74 Å². The Kier molecular flexibility index (Phi) is 4.73. The maximum atomic E-state index is 12.4. The van der Waals surface area contributed by atoms with Crippen LogP contribution in [0.3, 0.4) is 0 Å². The molecule has 0 saturated heterocycles.